The van der Waals surface area contributed by atoms with Crippen LogP contribution in [0.2, 0.25) is 0 Å². The monoisotopic (exact) mass is 389 g/mol. The van der Waals surface area contributed by atoms with Crippen LogP contribution in [0.3, 0.4) is 0 Å². The Bertz CT molecular complexity index is 623. The van der Waals surface area contributed by atoms with E-state index in [2.05, 4.69) is 29.0 Å². The molecule has 0 bridgehead atoms. The Morgan fingerprint density at radius 1 is 1.25 bits per heavy atom. The summed E-state index contributed by atoms with van der Waals surface area (Å²) in [5.41, 5.74) is 0. The smallest absolute Gasteiger partial charge is 0.289 e. The van der Waals surface area contributed by atoms with Crippen molar-refractivity contribution in [3.8, 4) is 0 Å². The Morgan fingerprint density at radius 2 is 2.04 bits per heavy atom. The predicted octanol–water partition coefficient (Wildman–Crippen LogP) is 2.12. The summed E-state index contributed by atoms with van der Waals surface area (Å²) >= 11 is 0. The van der Waals surface area contributed by atoms with E-state index in [1.807, 2.05) is 4.90 Å². The lowest BCUT2D eigenvalue weighted by Gasteiger charge is -2.36. The molecule has 1 aromatic rings. The number of nitrogens with one attached hydrogen (secondary N) is 1. The highest BCUT2D eigenvalue weighted by molar-refractivity contribution is 5.91. The molecule has 0 aliphatic carbocycles. The molecular weight excluding hydrogens is 354 g/mol. The topological polar surface area (TPSA) is 64.3 Å². The molecule has 1 N–H and O–H groups in total. The highest BCUT2D eigenvalue weighted by Gasteiger charge is 2.25. The van der Waals surface area contributed by atoms with Crippen LogP contribution < -0.4 is 5.32 Å². The van der Waals surface area contributed by atoms with Crippen LogP contribution in [0.4, 0.5) is 0 Å². The van der Waals surface area contributed by atoms with Crippen molar-refractivity contribution in [2.24, 2.45) is 10.9 Å². The van der Waals surface area contributed by atoms with E-state index in [-0.39, 0.29) is 5.91 Å². The summed E-state index contributed by atoms with van der Waals surface area (Å²) < 4.78 is 5.24. The number of rotatable bonds is 6. The van der Waals surface area contributed by atoms with Crippen LogP contribution in [-0.2, 0) is 0 Å². The SMILES string of the molecule is CCNC(=NCCCN1CCCC(C)C1)N1CCN(C(=O)c2ccco2)CC1. The normalized spacial score (nSPS) is 21.8. The third-order valence-corrected chi connectivity index (χ3v) is 5.57. The number of carbonyl (C=O) groups is 1. The molecule has 0 aromatic carbocycles. The van der Waals surface area contributed by atoms with E-state index in [1.165, 1.54) is 25.9 Å². The van der Waals surface area contributed by atoms with Gasteiger partial charge in [-0.15, -0.1) is 0 Å². The van der Waals surface area contributed by atoms with Crippen LogP contribution in [0, 0.1) is 5.92 Å². The average molecular weight is 390 g/mol. The van der Waals surface area contributed by atoms with Crippen LogP contribution in [0.15, 0.2) is 27.8 Å². The summed E-state index contributed by atoms with van der Waals surface area (Å²) in [6, 6.07) is 3.48. The lowest BCUT2D eigenvalue weighted by molar-refractivity contribution is 0.0657. The van der Waals surface area contributed by atoms with Gasteiger partial charge in [0.1, 0.15) is 0 Å². The summed E-state index contributed by atoms with van der Waals surface area (Å²) in [5, 5.41) is 3.41. The summed E-state index contributed by atoms with van der Waals surface area (Å²) in [6.07, 6.45) is 5.34. The molecule has 28 heavy (non-hydrogen) atoms. The molecule has 0 radical (unpaired) electrons. The fourth-order valence-corrected chi connectivity index (χ4v) is 4.07. The number of likely N-dealkylation sites (tertiary alicyclic amines) is 1. The zero-order valence-corrected chi connectivity index (χ0v) is 17.4. The second kappa shape index (κ2) is 10.5. The molecule has 1 atom stereocenters. The molecule has 2 saturated heterocycles. The minimum absolute atomic E-state index is 0.0256. The Morgan fingerprint density at radius 3 is 2.71 bits per heavy atom. The Kier molecular flexibility index (Phi) is 7.77. The molecule has 0 spiro atoms. The lowest BCUT2D eigenvalue weighted by Crippen LogP contribution is -2.53. The first kappa shape index (κ1) is 20.7. The molecule has 156 valence electrons. The van der Waals surface area contributed by atoms with E-state index in [4.69, 9.17) is 9.41 Å². The predicted molar refractivity (Wildman–Crippen MR) is 112 cm³/mol. The van der Waals surface area contributed by atoms with E-state index >= 15 is 0 Å². The molecule has 1 unspecified atom stereocenters. The summed E-state index contributed by atoms with van der Waals surface area (Å²) in [5.74, 6) is 2.19. The maximum atomic E-state index is 12.4. The van der Waals surface area contributed by atoms with E-state index in [0.29, 0.717) is 18.8 Å². The third kappa shape index (κ3) is 5.74. The van der Waals surface area contributed by atoms with Gasteiger partial charge in [-0.1, -0.05) is 6.92 Å². The number of nitrogens with zero attached hydrogens (tertiary/aromatic N) is 4. The van der Waals surface area contributed by atoms with Gasteiger partial charge in [0.15, 0.2) is 11.7 Å². The minimum atomic E-state index is -0.0256. The van der Waals surface area contributed by atoms with Crippen molar-refractivity contribution in [3.05, 3.63) is 24.2 Å². The standard InChI is InChI=1S/C21H35N5O2/c1-3-22-21(23-9-6-11-24-10-4-7-18(2)17-24)26-14-12-25(13-15-26)20(27)19-8-5-16-28-19/h5,8,16,18H,3-4,6-7,9-15,17H2,1-2H3,(H,22,23). The number of furan rings is 1. The van der Waals surface area contributed by atoms with E-state index in [9.17, 15) is 4.79 Å². The van der Waals surface area contributed by atoms with Crippen LogP contribution >= 0.6 is 0 Å². The number of aliphatic imine (C=N–C) groups is 1. The largest absolute Gasteiger partial charge is 0.459 e. The first-order valence-electron chi connectivity index (χ1n) is 10.8. The zero-order chi connectivity index (χ0) is 19.8. The van der Waals surface area contributed by atoms with Crippen LogP contribution in [0.5, 0.6) is 0 Å². The quantitative estimate of drug-likeness (QED) is 0.459. The van der Waals surface area contributed by atoms with Gasteiger partial charge < -0.3 is 24.4 Å². The number of guanidine groups is 1. The number of hydrogen-bond donors (Lipinski definition) is 1. The number of piperazine rings is 1. The van der Waals surface area contributed by atoms with Crippen LogP contribution in [0.25, 0.3) is 0 Å². The maximum absolute atomic E-state index is 12.4. The van der Waals surface area contributed by atoms with Gasteiger partial charge in [0, 0.05) is 45.8 Å². The number of amides is 1. The van der Waals surface area contributed by atoms with E-state index in [0.717, 1.165) is 51.0 Å². The van der Waals surface area contributed by atoms with Gasteiger partial charge in [0.2, 0.25) is 0 Å². The van der Waals surface area contributed by atoms with Crippen molar-refractivity contribution in [1.29, 1.82) is 0 Å². The molecule has 2 aliphatic rings. The van der Waals surface area contributed by atoms with Crippen LogP contribution in [-0.4, -0.2) is 85.5 Å². The summed E-state index contributed by atoms with van der Waals surface area (Å²) in [7, 11) is 0. The zero-order valence-electron chi connectivity index (χ0n) is 17.4. The molecule has 2 fully saturated rings. The van der Waals surface area contributed by atoms with Gasteiger partial charge in [0.25, 0.3) is 5.91 Å². The second-order valence-electron chi connectivity index (χ2n) is 7.89. The van der Waals surface area contributed by atoms with E-state index in [1.54, 1.807) is 18.4 Å². The molecule has 7 heteroatoms. The molecule has 7 nitrogen and oxygen atoms in total. The van der Waals surface area contributed by atoms with Gasteiger partial charge in [-0.3, -0.25) is 9.79 Å². The van der Waals surface area contributed by atoms with Crippen molar-refractivity contribution < 1.29 is 9.21 Å². The molecule has 1 amide bonds. The molecule has 0 saturated carbocycles. The maximum Gasteiger partial charge on any atom is 0.289 e. The molecule has 3 rings (SSSR count). The van der Waals surface area contributed by atoms with Gasteiger partial charge in [-0.2, -0.15) is 0 Å². The van der Waals surface area contributed by atoms with Gasteiger partial charge in [-0.05, 0) is 57.3 Å². The fraction of sp³-hybridized carbons (Fsp3) is 0.714. The van der Waals surface area contributed by atoms with E-state index < -0.39 is 0 Å². The van der Waals surface area contributed by atoms with Crippen molar-refractivity contribution >= 4 is 11.9 Å². The van der Waals surface area contributed by atoms with Crippen molar-refractivity contribution in [1.82, 2.24) is 20.0 Å². The Labute approximate surface area is 168 Å². The lowest BCUT2D eigenvalue weighted by atomic mass is 10.0. The highest BCUT2D eigenvalue weighted by atomic mass is 16.3. The second-order valence-corrected chi connectivity index (χ2v) is 7.89. The minimum Gasteiger partial charge on any atom is -0.459 e. The van der Waals surface area contributed by atoms with Gasteiger partial charge in [-0.25, -0.2) is 0 Å². The molecule has 1 aromatic heterocycles. The number of piperidine rings is 1. The first-order chi connectivity index (χ1) is 13.7. The highest BCUT2D eigenvalue weighted by Crippen LogP contribution is 2.15. The number of hydrogen-bond acceptors (Lipinski definition) is 4. The average Bonchev–Trinajstić information content (AvgIpc) is 3.25. The van der Waals surface area contributed by atoms with Gasteiger partial charge in [0.05, 0.1) is 6.26 Å². The third-order valence-electron chi connectivity index (χ3n) is 5.57. The Hall–Kier alpha value is -2.02. The van der Waals surface area contributed by atoms with Crippen molar-refractivity contribution in [3.63, 3.8) is 0 Å². The number of carbonyl (C=O) groups excluding carboxylic acids is 1. The van der Waals surface area contributed by atoms with Crippen LogP contribution in [0.1, 0.15) is 43.7 Å². The molecule has 3 heterocycles. The Balaban J connectivity index is 1.44. The fourth-order valence-electron chi connectivity index (χ4n) is 4.07. The van der Waals surface area contributed by atoms with Crippen molar-refractivity contribution in [2.75, 3.05) is 58.9 Å². The first-order valence-corrected chi connectivity index (χ1v) is 10.8. The molecular formula is C21H35N5O2. The summed E-state index contributed by atoms with van der Waals surface area (Å²) in [4.78, 5) is 24.0. The summed E-state index contributed by atoms with van der Waals surface area (Å²) in [6.45, 7) is 12.7. The molecule has 2 aliphatic heterocycles. The van der Waals surface area contributed by atoms with Crippen molar-refractivity contribution in [2.45, 2.75) is 33.1 Å². The van der Waals surface area contributed by atoms with Gasteiger partial charge >= 0.3 is 0 Å².